The lowest BCUT2D eigenvalue weighted by Gasteiger charge is -2.35. The summed E-state index contributed by atoms with van der Waals surface area (Å²) in [6.45, 7) is 9.21. The van der Waals surface area contributed by atoms with Gasteiger partial charge in [-0.3, -0.25) is 9.69 Å². The molecule has 1 fully saturated rings. The molecule has 0 amide bonds. The van der Waals surface area contributed by atoms with Crippen molar-refractivity contribution in [2.24, 2.45) is 0 Å². The van der Waals surface area contributed by atoms with E-state index in [2.05, 4.69) is 16.7 Å². The van der Waals surface area contributed by atoms with Crippen molar-refractivity contribution in [3.05, 3.63) is 4.88 Å². The number of carbonyl (C=O) groups excluding carboxylic acids is 1. The van der Waals surface area contributed by atoms with Gasteiger partial charge in [0.25, 0.3) is 0 Å². The van der Waals surface area contributed by atoms with Crippen molar-refractivity contribution in [3.8, 4) is 0 Å². The van der Waals surface area contributed by atoms with Crippen molar-refractivity contribution in [1.29, 1.82) is 0 Å². The number of thioether (sulfide) groups is 1. The second-order valence-corrected chi connectivity index (χ2v) is 6.88. The third-order valence-corrected chi connectivity index (χ3v) is 5.92. The Hall–Kier alpha value is -0.720. The Morgan fingerprint density at radius 1 is 1.35 bits per heavy atom. The molecule has 2 rings (SSSR count). The quantitative estimate of drug-likeness (QED) is 0.669. The Morgan fingerprint density at radius 3 is 2.50 bits per heavy atom. The maximum absolute atomic E-state index is 11.7. The van der Waals surface area contributed by atoms with E-state index in [9.17, 15) is 4.79 Å². The van der Waals surface area contributed by atoms with E-state index in [0.717, 1.165) is 31.1 Å². The lowest BCUT2D eigenvalue weighted by molar-refractivity contribution is 0.102. The largest absolute Gasteiger partial charge is 0.396 e. The summed E-state index contributed by atoms with van der Waals surface area (Å²) in [5.74, 6) is 0.0682. The Kier molecular flexibility index (Phi) is 5.35. The van der Waals surface area contributed by atoms with E-state index >= 15 is 0 Å². The number of nitrogen functional groups attached to an aromatic ring is 1. The average Bonchev–Trinajstić information content (AvgIpc) is 2.77. The van der Waals surface area contributed by atoms with Gasteiger partial charge in [-0.15, -0.1) is 23.1 Å². The van der Waals surface area contributed by atoms with E-state index in [1.54, 1.807) is 30.0 Å². The lowest BCUT2D eigenvalue weighted by atomic mass is 10.3. The molecular weight excluding hydrogens is 290 g/mol. The van der Waals surface area contributed by atoms with Crippen LogP contribution in [-0.4, -0.2) is 49.7 Å². The molecule has 1 aromatic heterocycles. The van der Waals surface area contributed by atoms with Gasteiger partial charge in [0.05, 0.1) is 15.5 Å². The minimum absolute atomic E-state index is 0.0682. The van der Waals surface area contributed by atoms with Crippen molar-refractivity contribution >= 4 is 39.6 Å². The normalized spacial score (nSPS) is 16.6. The summed E-state index contributed by atoms with van der Waals surface area (Å²) < 4.78 is 0. The number of ketones is 1. The van der Waals surface area contributed by atoms with Crippen LogP contribution in [0.5, 0.6) is 0 Å². The molecule has 0 aliphatic carbocycles. The van der Waals surface area contributed by atoms with Crippen molar-refractivity contribution in [1.82, 2.24) is 4.90 Å². The SMILES string of the molecule is CCCN1CCN(c2sc(C(C)=O)c(N)c2SC)CC1. The van der Waals surface area contributed by atoms with E-state index in [4.69, 9.17) is 5.73 Å². The van der Waals surface area contributed by atoms with Crippen LogP contribution in [-0.2, 0) is 0 Å². The Balaban J connectivity index is 2.17. The molecule has 0 radical (unpaired) electrons. The minimum Gasteiger partial charge on any atom is -0.396 e. The van der Waals surface area contributed by atoms with Crippen molar-refractivity contribution in [2.45, 2.75) is 25.2 Å². The molecule has 2 heterocycles. The van der Waals surface area contributed by atoms with Gasteiger partial charge in [0.15, 0.2) is 5.78 Å². The van der Waals surface area contributed by atoms with Crippen LogP contribution in [0.2, 0.25) is 0 Å². The van der Waals surface area contributed by atoms with E-state index in [-0.39, 0.29) is 5.78 Å². The highest BCUT2D eigenvalue weighted by Crippen LogP contribution is 2.44. The predicted molar refractivity (Wildman–Crippen MR) is 89.5 cm³/mol. The van der Waals surface area contributed by atoms with Crippen LogP contribution < -0.4 is 10.6 Å². The van der Waals surface area contributed by atoms with Crippen LogP contribution >= 0.6 is 23.1 Å². The van der Waals surface area contributed by atoms with E-state index in [1.807, 2.05) is 6.26 Å². The number of hydrogen-bond acceptors (Lipinski definition) is 6. The molecule has 1 aliphatic heterocycles. The molecule has 2 N–H and O–H groups in total. The van der Waals surface area contributed by atoms with Gasteiger partial charge in [-0.1, -0.05) is 6.92 Å². The second kappa shape index (κ2) is 6.83. The molecule has 1 saturated heterocycles. The molecule has 6 heteroatoms. The first kappa shape index (κ1) is 15.7. The van der Waals surface area contributed by atoms with Gasteiger partial charge >= 0.3 is 0 Å². The summed E-state index contributed by atoms with van der Waals surface area (Å²) in [7, 11) is 0. The topological polar surface area (TPSA) is 49.6 Å². The molecule has 0 unspecified atom stereocenters. The number of hydrogen-bond donors (Lipinski definition) is 1. The van der Waals surface area contributed by atoms with E-state index in [1.165, 1.54) is 18.0 Å². The highest BCUT2D eigenvalue weighted by atomic mass is 32.2. The highest BCUT2D eigenvalue weighted by Gasteiger charge is 2.24. The third kappa shape index (κ3) is 3.13. The first-order valence-electron chi connectivity index (χ1n) is 7.03. The van der Waals surface area contributed by atoms with Gasteiger partial charge in [0.1, 0.15) is 5.00 Å². The fourth-order valence-corrected chi connectivity index (χ4v) is 4.70. The first-order valence-corrected chi connectivity index (χ1v) is 9.07. The summed E-state index contributed by atoms with van der Waals surface area (Å²) in [6, 6.07) is 0. The van der Waals surface area contributed by atoms with Crippen molar-refractivity contribution < 1.29 is 4.79 Å². The number of thiophene rings is 1. The summed E-state index contributed by atoms with van der Waals surface area (Å²) in [5.41, 5.74) is 6.80. The molecule has 1 aromatic rings. The van der Waals surface area contributed by atoms with Gasteiger partial charge in [0, 0.05) is 33.1 Å². The molecule has 0 atom stereocenters. The summed E-state index contributed by atoms with van der Waals surface area (Å²) in [5, 5.41) is 1.18. The van der Waals surface area contributed by atoms with Gasteiger partial charge in [-0.05, 0) is 19.2 Å². The molecule has 20 heavy (non-hydrogen) atoms. The van der Waals surface area contributed by atoms with Crippen molar-refractivity contribution in [2.75, 3.05) is 49.6 Å². The molecule has 0 saturated carbocycles. The fraction of sp³-hybridized carbons (Fsp3) is 0.643. The molecular formula is C14H23N3OS2. The Labute approximate surface area is 129 Å². The number of Topliss-reactive ketones (excluding diaryl/α,β-unsaturated/α-hetero) is 1. The van der Waals surface area contributed by atoms with Crippen molar-refractivity contribution in [3.63, 3.8) is 0 Å². The first-order chi connectivity index (χ1) is 9.58. The number of nitrogens with two attached hydrogens (primary N) is 1. The highest BCUT2D eigenvalue weighted by molar-refractivity contribution is 7.99. The van der Waals surface area contributed by atoms with E-state index < -0.39 is 0 Å². The number of nitrogens with zero attached hydrogens (tertiary/aromatic N) is 2. The lowest BCUT2D eigenvalue weighted by Crippen LogP contribution is -2.46. The number of piperazine rings is 1. The summed E-state index contributed by atoms with van der Waals surface area (Å²) >= 11 is 3.19. The molecule has 0 bridgehead atoms. The van der Waals surface area contributed by atoms with Gasteiger partial charge in [0.2, 0.25) is 0 Å². The molecule has 112 valence electrons. The summed E-state index contributed by atoms with van der Waals surface area (Å²) in [4.78, 5) is 18.3. The zero-order chi connectivity index (χ0) is 14.7. The smallest absolute Gasteiger partial charge is 0.171 e. The number of anilines is 2. The van der Waals surface area contributed by atoms with Gasteiger partial charge < -0.3 is 10.6 Å². The summed E-state index contributed by atoms with van der Waals surface area (Å²) in [6.07, 6.45) is 3.23. The molecule has 4 nitrogen and oxygen atoms in total. The second-order valence-electron chi connectivity index (χ2n) is 5.07. The van der Waals surface area contributed by atoms with Crippen LogP contribution in [0.4, 0.5) is 10.7 Å². The van der Waals surface area contributed by atoms with E-state index in [0.29, 0.717) is 10.6 Å². The maximum Gasteiger partial charge on any atom is 0.171 e. The molecule has 1 aliphatic rings. The fourth-order valence-electron chi connectivity index (χ4n) is 2.57. The Morgan fingerprint density at radius 2 is 2.00 bits per heavy atom. The van der Waals surface area contributed by atoms with Crippen LogP contribution in [0, 0.1) is 0 Å². The number of carbonyl (C=O) groups is 1. The minimum atomic E-state index is 0.0682. The molecule has 0 spiro atoms. The van der Waals surface area contributed by atoms with Crippen LogP contribution in [0.15, 0.2) is 4.90 Å². The molecule has 0 aromatic carbocycles. The average molecular weight is 313 g/mol. The monoisotopic (exact) mass is 313 g/mol. The zero-order valence-electron chi connectivity index (χ0n) is 12.4. The predicted octanol–water partition coefficient (Wildman–Crippen LogP) is 2.79. The maximum atomic E-state index is 11.7. The Bertz CT molecular complexity index is 479. The zero-order valence-corrected chi connectivity index (χ0v) is 14.1. The number of rotatable bonds is 5. The van der Waals surface area contributed by atoms with Crippen LogP contribution in [0.1, 0.15) is 29.9 Å². The van der Waals surface area contributed by atoms with Gasteiger partial charge in [-0.25, -0.2) is 0 Å². The third-order valence-electron chi connectivity index (χ3n) is 3.61. The van der Waals surface area contributed by atoms with Crippen LogP contribution in [0.25, 0.3) is 0 Å². The standard InChI is InChI=1S/C14H23N3OS2/c1-4-5-16-6-8-17(9-7-16)14-13(19-3)11(15)12(20-14)10(2)18/h4-9,15H2,1-3H3. The van der Waals surface area contributed by atoms with Gasteiger partial charge in [-0.2, -0.15) is 0 Å². The van der Waals surface area contributed by atoms with Crippen LogP contribution in [0.3, 0.4) is 0 Å².